The first kappa shape index (κ1) is 27.7. The molecule has 202 valence electrons. The summed E-state index contributed by atoms with van der Waals surface area (Å²) in [6.45, 7) is 2.14. The van der Waals surface area contributed by atoms with E-state index in [4.69, 9.17) is 33.7 Å². The number of aliphatic hydroxyl groups excluding tert-OH is 1. The molecule has 1 fully saturated rings. The summed E-state index contributed by atoms with van der Waals surface area (Å²) in [5.74, 6) is 0.462. The van der Waals surface area contributed by atoms with E-state index in [0.717, 1.165) is 37.8 Å². The predicted octanol–water partition coefficient (Wildman–Crippen LogP) is 6.78. The molecule has 1 amide bonds. The number of hydrogen-bond acceptors (Lipinski definition) is 5. The van der Waals surface area contributed by atoms with E-state index < -0.39 is 5.41 Å². The summed E-state index contributed by atoms with van der Waals surface area (Å²) in [4.78, 5) is 17.0. The number of likely N-dealkylation sites (tertiary alicyclic amines) is 1. The maximum absolute atomic E-state index is 12.7. The van der Waals surface area contributed by atoms with E-state index in [1.54, 1.807) is 11.3 Å². The topological polar surface area (TPSA) is 75.8 Å². The zero-order valence-electron chi connectivity index (χ0n) is 21.4. The third-order valence-corrected chi connectivity index (χ3v) is 9.17. The standard InChI is InChI=1S/C31H30Cl2N2O3S/c32-23-12-10-21(11-13-23)27-28(38-19-18-36)26(39-29(27)24-8-4-5-9-25(24)33)20-35-16-14-31(15-17-35,30(34)37)22-6-2-1-3-7-22/h1-13,36H,14-20H2,(H2,34,37). The average molecular weight is 582 g/mol. The molecule has 0 aliphatic carbocycles. The molecule has 8 heteroatoms. The van der Waals surface area contributed by atoms with Crippen molar-refractivity contribution in [3.8, 4) is 27.3 Å². The number of carbonyl (C=O) groups excluding carboxylic acids is 1. The molecule has 0 saturated carbocycles. The first-order chi connectivity index (χ1) is 18.9. The van der Waals surface area contributed by atoms with Gasteiger partial charge in [0.2, 0.25) is 5.91 Å². The molecule has 0 radical (unpaired) electrons. The Hall–Kier alpha value is -2.87. The SMILES string of the molecule is NC(=O)C1(c2ccccc2)CCN(Cc2sc(-c3ccccc3Cl)c(-c3ccc(Cl)cc3)c2OCCO)CC1. The van der Waals surface area contributed by atoms with E-state index in [9.17, 15) is 9.90 Å². The molecule has 0 spiro atoms. The first-order valence-electron chi connectivity index (χ1n) is 12.9. The summed E-state index contributed by atoms with van der Waals surface area (Å²) < 4.78 is 6.22. The van der Waals surface area contributed by atoms with Gasteiger partial charge in [0.15, 0.2) is 0 Å². The quantitative estimate of drug-likeness (QED) is 0.229. The van der Waals surface area contributed by atoms with Crippen molar-refractivity contribution in [1.82, 2.24) is 4.90 Å². The number of amides is 1. The summed E-state index contributed by atoms with van der Waals surface area (Å²) in [5.41, 5.74) is 9.09. The lowest BCUT2D eigenvalue weighted by Gasteiger charge is -2.40. The van der Waals surface area contributed by atoms with Crippen molar-refractivity contribution >= 4 is 40.4 Å². The summed E-state index contributed by atoms with van der Waals surface area (Å²) in [5, 5.41) is 10.9. The minimum Gasteiger partial charge on any atom is -0.489 e. The van der Waals surface area contributed by atoms with Gasteiger partial charge in [-0.3, -0.25) is 9.69 Å². The number of aliphatic hydroxyl groups is 1. The zero-order chi connectivity index (χ0) is 27.4. The van der Waals surface area contributed by atoms with Crippen LogP contribution in [0.3, 0.4) is 0 Å². The third kappa shape index (κ3) is 5.72. The minimum absolute atomic E-state index is 0.0985. The summed E-state index contributed by atoms with van der Waals surface area (Å²) in [6.07, 6.45) is 1.29. The van der Waals surface area contributed by atoms with Crippen LogP contribution >= 0.6 is 34.5 Å². The molecule has 39 heavy (non-hydrogen) atoms. The molecule has 0 atom stereocenters. The van der Waals surface area contributed by atoms with Crippen molar-refractivity contribution in [2.75, 3.05) is 26.3 Å². The van der Waals surface area contributed by atoms with Crippen molar-refractivity contribution < 1.29 is 14.6 Å². The number of rotatable bonds is 9. The fourth-order valence-corrected chi connectivity index (χ4v) is 7.07. The van der Waals surface area contributed by atoms with Gasteiger partial charge in [-0.15, -0.1) is 11.3 Å². The lowest BCUT2D eigenvalue weighted by molar-refractivity contribution is -0.125. The molecule has 1 aliphatic rings. The van der Waals surface area contributed by atoms with Crippen molar-refractivity contribution in [2.24, 2.45) is 5.73 Å². The van der Waals surface area contributed by atoms with Gasteiger partial charge in [-0.05, 0) is 55.3 Å². The fourth-order valence-electron chi connectivity index (χ4n) is 5.31. The molecular formula is C31H30Cl2N2O3S. The number of nitrogens with two attached hydrogens (primary N) is 1. The molecule has 3 aromatic carbocycles. The molecule has 1 saturated heterocycles. The highest BCUT2D eigenvalue weighted by atomic mass is 35.5. The number of hydrogen-bond donors (Lipinski definition) is 2. The highest BCUT2D eigenvalue weighted by Crippen LogP contribution is 2.50. The Bertz CT molecular complexity index is 1430. The molecule has 0 unspecified atom stereocenters. The second-order valence-corrected chi connectivity index (χ2v) is 11.7. The molecule has 1 aromatic heterocycles. The van der Waals surface area contributed by atoms with Gasteiger partial charge in [0.1, 0.15) is 12.4 Å². The van der Waals surface area contributed by atoms with E-state index >= 15 is 0 Å². The van der Waals surface area contributed by atoms with Crippen LogP contribution in [0.1, 0.15) is 23.3 Å². The number of halogens is 2. The predicted molar refractivity (Wildman–Crippen MR) is 160 cm³/mol. The van der Waals surface area contributed by atoms with Crippen molar-refractivity contribution in [3.63, 3.8) is 0 Å². The summed E-state index contributed by atoms with van der Waals surface area (Å²) in [6, 6.07) is 25.3. The lowest BCUT2D eigenvalue weighted by atomic mass is 9.72. The van der Waals surface area contributed by atoms with E-state index in [1.807, 2.05) is 78.9 Å². The number of piperidine rings is 1. The second-order valence-electron chi connectivity index (χ2n) is 9.71. The van der Waals surface area contributed by atoms with Crippen LogP contribution in [0.15, 0.2) is 78.9 Å². The molecule has 3 N–H and O–H groups in total. The van der Waals surface area contributed by atoms with Crippen LogP contribution in [0.25, 0.3) is 21.6 Å². The molecule has 1 aliphatic heterocycles. The van der Waals surface area contributed by atoms with Gasteiger partial charge in [0, 0.05) is 32.6 Å². The van der Waals surface area contributed by atoms with E-state index in [2.05, 4.69) is 4.90 Å². The molecule has 5 rings (SSSR count). The minimum atomic E-state index is -0.666. The van der Waals surface area contributed by atoms with E-state index in [1.165, 1.54) is 0 Å². The highest BCUT2D eigenvalue weighted by Gasteiger charge is 2.41. The molecule has 0 bridgehead atoms. The van der Waals surface area contributed by atoms with Crippen LogP contribution < -0.4 is 10.5 Å². The molecular weight excluding hydrogens is 551 g/mol. The number of nitrogens with zero attached hydrogens (tertiary/aromatic N) is 1. The third-order valence-electron chi connectivity index (χ3n) is 7.40. The van der Waals surface area contributed by atoms with E-state index in [-0.39, 0.29) is 19.1 Å². The van der Waals surface area contributed by atoms with Gasteiger partial charge < -0.3 is 15.6 Å². The Morgan fingerprint density at radius 1 is 0.974 bits per heavy atom. The van der Waals surface area contributed by atoms with Crippen LogP contribution in [-0.4, -0.2) is 42.2 Å². The van der Waals surface area contributed by atoms with E-state index in [0.29, 0.717) is 42.5 Å². The monoisotopic (exact) mass is 580 g/mol. The van der Waals surface area contributed by atoms with Crippen LogP contribution in [0, 0.1) is 0 Å². The average Bonchev–Trinajstić information content (AvgIpc) is 3.30. The second kappa shape index (κ2) is 12.1. The van der Waals surface area contributed by atoms with Gasteiger partial charge in [-0.1, -0.05) is 83.9 Å². The number of benzene rings is 3. The van der Waals surface area contributed by atoms with Gasteiger partial charge in [-0.2, -0.15) is 0 Å². The summed E-state index contributed by atoms with van der Waals surface area (Å²) >= 11 is 14.5. The normalized spacial score (nSPS) is 15.3. The lowest BCUT2D eigenvalue weighted by Crippen LogP contribution is -2.49. The van der Waals surface area contributed by atoms with Gasteiger partial charge in [0.05, 0.1) is 16.9 Å². The van der Waals surface area contributed by atoms with Crippen LogP contribution in [0.2, 0.25) is 10.0 Å². The Kier molecular flexibility index (Phi) is 8.60. The van der Waals surface area contributed by atoms with Gasteiger partial charge in [0.25, 0.3) is 0 Å². The molecule has 5 nitrogen and oxygen atoms in total. The first-order valence-corrected chi connectivity index (χ1v) is 14.5. The van der Waals surface area contributed by atoms with Crippen molar-refractivity contribution in [1.29, 1.82) is 0 Å². The largest absolute Gasteiger partial charge is 0.489 e. The van der Waals surface area contributed by atoms with Gasteiger partial charge >= 0.3 is 0 Å². The Labute approximate surface area is 242 Å². The maximum Gasteiger partial charge on any atom is 0.228 e. The Morgan fingerprint density at radius 3 is 2.28 bits per heavy atom. The highest BCUT2D eigenvalue weighted by molar-refractivity contribution is 7.16. The fraction of sp³-hybridized carbons (Fsp3) is 0.258. The Morgan fingerprint density at radius 2 is 1.64 bits per heavy atom. The Balaban J connectivity index is 1.51. The van der Waals surface area contributed by atoms with Crippen LogP contribution in [0.5, 0.6) is 5.75 Å². The van der Waals surface area contributed by atoms with Crippen LogP contribution in [-0.2, 0) is 16.8 Å². The number of ether oxygens (including phenoxy) is 1. The zero-order valence-corrected chi connectivity index (χ0v) is 23.7. The number of primary amides is 1. The molecule has 4 aromatic rings. The van der Waals surface area contributed by atoms with Gasteiger partial charge in [-0.25, -0.2) is 0 Å². The smallest absolute Gasteiger partial charge is 0.228 e. The van der Waals surface area contributed by atoms with Crippen molar-refractivity contribution in [3.05, 3.63) is 99.3 Å². The van der Waals surface area contributed by atoms with Crippen molar-refractivity contribution in [2.45, 2.75) is 24.8 Å². The summed E-state index contributed by atoms with van der Waals surface area (Å²) in [7, 11) is 0. The maximum atomic E-state index is 12.7. The number of carbonyl (C=O) groups is 1. The number of thiophene rings is 1. The molecule has 2 heterocycles. The van der Waals surface area contributed by atoms with Crippen LogP contribution in [0.4, 0.5) is 0 Å².